The highest BCUT2D eigenvalue weighted by molar-refractivity contribution is 6.02. The second kappa shape index (κ2) is 7.08. The van der Waals surface area contributed by atoms with E-state index in [1.54, 1.807) is 43.5 Å². The van der Waals surface area contributed by atoms with Crippen molar-refractivity contribution in [2.24, 2.45) is 0 Å². The minimum atomic E-state index is -0.900. The maximum Gasteiger partial charge on any atom is 0.349 e. The van der Waals surface area contributed by atoms with Crippen LogP contribution in [0.4, 0.5) is 0 Å². The number of ether oxygens (including phenoxy) is 2. The maximum atomic E-state index is 11.7. The van der Waals surface area contributed by atoms with Crippen LogP contribution in [0.5, 0.6) is 11.5 Å². The first-order valence-electron chi connectivity index (χ1n) is 6.46. The van der Waals surface area contributed by atoms with Gasteiger partial charge in [0, 0.05) is 6.08 Å². The Balaban J connectivity index is 1.98. The monoisotopic (exact) mass is 298 g/mol. The van der Waals surface area contributed by atoms with Gasteiger partial charge < -0.3 is 14.6 Å². The lowest BCUT2D eigenvalue weighted by Gasteiger charge is -2.02. The van der Waals surface area contributed by atoms with Gasteiger partial charge >= 0.3 is 11.9 Å². The van der Waals surface area contributed by atoms with Gasteiger partial charge in [0.25, 0.3) is 0 Å². The number of benzene rings is 2. The summed E-state index contributed by atoms with van der Waals surface area (Å²) in [5.74, 6) is -1.25. The van der Waals surface area contributed by atoms with Crippen molar-refractivity contribution in [3.63, 3.8) is 0 Å². The Hall–Kier alpha value is -3.08. The molecule has 0 saturated heterocycles. The highest BCUT2D eigenvalue weighted by Crippen LogP contribution is 2.17. The number of hydrogen-bond acceptors (Lipinski definition) is 5. The third-order valence-electron chi connectivity index (χ3n) is 2.84. The van der Waals surface area contributed by atoms with E-state index in [0.717, 1.165) is 11.6 Å². The van der Waals surface area contributed by atoms with Gasteiger partial charge in [-0.3, -0.25) is 0 Å². The highest BCUT2D eigenvalue weighted by Gasteiger charge is 2.14. The molecule has 2 aromatic carbocycles. The van der Waals surface area contributed by atoms with Crippen molar-refractivity contribution in [3.05, 3.63) is 65.7 Å². The van der Waals surface area contributed by atoms with Crippen molar-refractivity contribution in [2.75, 3.05) is 7.11 Å². The minimum Gasteiger partial charge on any atom is -0.507 e. The summed E-state index contributed by atoms with van der Waals surface area (Å²) in [6.07, 6.45) is 2.65. The Morgan fingerprint density at radius 2 is 1.73 bits per heavy atom. The van der Waals surface area contributed by atoms with Crippen LogP contribution in [0.1, 0.15) is 15.9 Å². The second-order valence-electron chi connectivity index (χ2n) is 4.33. The zero-order valence-corrected chi connectivity index (χ0v) is 11.9. The number of hydrogen-bond donors (Lipinski definition) is 1. The number of carbonyl (C=O) groups excluding carboxylic acids is 2. The molecule has 0 fully saturated rings. The molecule has 0 aromatic heterocycles. The summed E-state index contributed by atoms with van der Waals surface area (Å²) in [6.45, 7) is 0. The molecule has 0 radical (unpaired) electrons. The number of aromatic hydroxyl groups is 1. The first-order chi connectivity index (χ1) is 10.6. The average molecular weight is 298 g/mol. The summed E-state index contributed by atoms with van der Waals surface area (Å²) in [7, 11) is 1.56. The number of phenols is 1. The number of para-hydroxylation sites is 1. The number of carbonyl (C=O) groups is 2. The van der Waals surface area contributed by atoms with Crippen molar-refractivity contribution >= 4 is 18.0 Å². The zero-order valence-electron chi connectivity index (χ0n) is 11.9. The molecule has 0 aliphatic heterocycles. The van der Waals surface area contributed by atoms with Crippen LogP contribution in [0, 0.1) is 0 Å². The Morgan fingerprint density at radius 3 is 2.36 bits per heavy atom. The molecule has 2 aromatic rings. The van der Waals surface area contributed by atoms with E-state index in [0.29, 0.717) is 5.75 Å². The third-order valence-corrected chi connectivity index (χ3v) is 2.84. The molecule has 0 unspecified atom stereocenters. The van der Waals surface area contributed by atoms with E-state index in [2.05, 4.69) is 4.74 Å². The number of rotatable bonds is 4. The second-order valence-corrected chi connectivity index (χ2v) is 4.33. The molecule has 0 atom stereocenters. The van der Waals surface area contributed by atoms with E-state index in [4.69, 9.17) is 4.74 Å². The van der Waals surface area contributed by atoms with Gasteiger partial charge in [0.2, 0.25) is 0 Å². The van der Waals surface area contributed by atoms with E-state index in [9.17, 15) is 14.7 Å². The van der Waals surface area contributed by atoms with Gasteiger partial charge in [-0.1, -0.05) is 24.3 Å². The van der Waals surface area contributed by atoms with Crippen LogP contribution in [0.15, 0.2) is 54.6 Å². The quantitative estimate of drug-likeness (QED) is 0.534. The van der Waals surface area contributed by atoms with E-state index in [1.807, 2.05) is 0 Å². The molecule has 0 amide bonds. The molecule has 0 saturated carbocycles. The summed E-state index contributed by atoms with van der Waals surface area (Å²) in [5, 5.41) is 9.51. The molecular weight excluding hydrogens is 284 g/mol. The molecular formula is C17H14O5. The summed E-state index contributed by atoms with van der Waals surface area (Å²) < 4.78 is 9.66. The first-order valence-corrected chi connectivity index (χ1v) is 6.46. The molecule has 22 heavy (non-hydrogen) atoms. The van der Waals surface area contributed by atoms with Gasteiger partial charge in [-0.15, -0.1) is 0 Å². The number of esters is 2. The fraction of sp³-hybridized carbons (Fsp3) is 0.0588. The van der Waals surface area contributed by atoms with Crippen LogP contribution in [-0.2, 0) is 9.53 Å². The van der Waals surface area contributed by atoms with Crippen molar-refractivity contribution in [2.45, 2.75) is 0 Å². The van der Waals surface area contributed by atoms with Crippen LogP contribution in [0.3, 0.4) is 0 Å². The lowest BCUT2D eigenvalue weighted by atomic mass is 10.2. The molecule has 0 aliphatic rings. The molecule has 1 N–H and O–H groups in total. The summed E-state index contributed by atoms with van der Waals surface area (Å²) in [5.41, 5.74) is 0.696. The van der Waals surface area contributed by atoms with Gasteiger partial charge in [-0.2, -0.15) is 0 Å². The standard InChI is InChI=1S/C17H14O5/c1-21-13-9-6-12(7-10-13)8-11-16(19)22-17(20)14-4-2-3-5-15(14)18/h2-11,18H,1H3/b11-8+. The van der Waals surface area contributed by atoms with E-state index in [1.165, 1.54) is 18.2 Å². The van der Waals surface area contributed by atoms with Gasteiger partial charge in [0.05, 0.1) is 7.11 Å². The molecule has 0 spiro atoms. The lowest BCUT2D eigenvalue weighted by molar-refractivity contribution is -0.132. The van der Waals surface area contributed by atoms with Crippen LogP contribution >= 0.6 is 0 Å². The normalized spacial score (nSPS) is 10.4. The summed E-state index contributed by atoms with van der Waals surface area (Å²) in [4.78, 5) is 23.3. The van der Waals surface area contributed by atoms with Crippen molar-refractivity contribution in [1.29, 1.82) is 0 Å². The largest absolute Gasteiger partial charge is 0.507 e. The van der Waals surface area contributed by atoms with Gasteiger partial charge in [0.15, 0.2) is 0 Å². The zero-order chi connectivity index (χ0) is 15.9. The molecule has 5 heteroatoms. The maximum absolute atomic E-state index is 11.7. The Labute approximate surface area is 127 Å². The predicted molar refractivity (Wildman–Crippen MR) is 80.6 cm³/mol. The van der Waals surface area contributed by atoms with Crippen molar-refractivity contribution in [3.8, 4) is 11.5 Å². The number of phenolic OH excluding ortho intramolecular Hbond substituents is 1. The number of methoxy groups -OCH3 is 1. The topological polar surface area (TPSA) is 72.8 Å². The smallest absolute Gasteiger partial charge is 0.349 e. The highest BCUT2D eigenvalue weighted by atomic mass is 16.6. The SMILES string of the molecule is COc1ccc(/C=C/C(=O)OC(=O)c2ccccc2O)cc1. The van der Waals surface area contributed by atoms with Gasteiger partial charge in [0.1, 0.15) is 17.1 Å². The molecule has 5 nitrogen and oxygen atoms in total. The van der Waals surface area contributed by atoms with Crippen molar-refractivity contribution in [1.82, 2.24) is 0 Å². The predicted octanol–water partition coefficient (Wildman–Crippen LogP) is 2.80. The van der Waals surface area contributed by atoms with Crippen LogP contribution < -0.4 is 4.74 Å². The molecule has 112 valence electrons. The first kappa shape index (κ1) is 15.3. The third kappa shape index (κ3) is 3.96. The fourth-order valence-corrected chi connectivity index (χ4v) is 1.71. The summed E-state index contributed by atoms with van der Waals surface area (Å²) in [6, 6.07) is 12.9. The Kier molecular flexibility index (Phi) is 4.93. The molecule has 0 bridgehead atoms. The average Bonchev–Trinajstić information content (AvgIpc) is 2.53. The van der Waals surface area contributed by atoms with Crippen LogP contribution in [0.25, 0.3) is 6.08 Å². The van der Waals surface area contributed by atoms with E-state index < -0.39 is 11.9 Å². The van der Waals surface area contributed by atoms with Gasteiger partial charge in [-0.05, 0) is 35.9 Å². The van der Waals surface area contributed by atoms with E-state index >= 15 is 0 Å². The Morgan fingerprint density at radius 1 is 1.05 bits per heavy atom. The Bertz CT molecular complexity index is 701. The minimum absolute atomic E-state index is 0.0614. The van der Waals surface area contributed by atoms with Crippen LogP contribution in [0.2, 0.25) is 0 Å². The van der Waals surface area contributed by atoms with Crippen LogP contribution in [-0.4, -0.2) is 24.2 Å². The summed E-state index contributed by atoms with van der Waals surface area (Å²) >= 11 is 0. The fourth-order valence-electron chi connectivity index (χ4n) is 1.71. The molecule has 2 rings (SSSR count). The molecule has 0 heterocycles. The molecule has 0 aliphatic carbocycles. The van der Waals surface area contributed by atoms with Gasteiger partial charge in [-0.25, -0.2) is 9.59 Å². The lowest BCUT2D eigenvalue weighted by Crippen LogP contribution is -2.10. The van der Waals surface area contributed by atoms with E-state index in [-0.39, 0.29) is 11.3 Å². The van der Waals surface area contributed by atoms with Crippen molar-refractivity contribution < 1.29 is 24.2 Å².